The van der Waals surface area contributed by atoms with Gasteiger partial charge in [0, 0.05) is 39.1 Å². The van der Waals surface area contributed by atoms with Gasteiger partial charge in [0.15, 0.2) is 0 Å². The summed E-state index contributed by atoms with van der Waals surface area (Å²) >= 11 is 0. The number of hydrogen-bond acceptors (Lipinski definition) is 3. The Morgan fingerprint density at radius 2 is 2.06 bits per heavy atom. The molecule has 4 heteroatoms. The van der Waals surface area contributed by atoms with Crippen LogP contribution < -0.4 is 0 Å². The van der Waals surface area contributed by atoms with Gasteiger partial charge in [-0.1, -0.05) is 13.8 Å². The zero-order valence-corrected chi connectivity index (χ0v) is 10.7. The Balaban J connectivity index is 2.22. The average molecular weight is 228 g/mol. The van der Waals surface area contributed by atoms with E-state index in [0.29, 0.717) is 0 Å². The molecule has 0 saturated carbocycles. The lowest BCUT2D eigenvalue weighted by atomic mass is 10.1. The Morgan fingerprint density at radius 1 is 1.44 bits per heavy atom. The van der Waals surface area contributed by atoms with Gasteiger partial charge < -0.3 is 9.64 Å². The van der Waals surface area contributed by atoms with Crippen LogP contribution in [0.4, 0.5) is 0 Å². The van der Waals surface area contributed by atoms with Crippen LogP contribution in [0.1, 0.15) is 20.3 Å². The number of carbonyl (C=O) groups excluding carboxylic acids is 1. The summed E-state index contributed by atoms with van der Waals surface area (Å²) in [5.41, 5.74) is 0. The fourth-order valence-electron chi connectivity index (χ4n) is 1.78. The van der Waals surface area contributed by atoms with E-state index in [9.17, 15) is 4.79 Å². The summed E-state index contributed by atoms with van der Waals surface area (Å²) in [6.45, 7) is 9.46. The summed E-state index contributed by atoms with van der Waals surface area (Å²) in [6.07, 6.45) is 0.917. The smallest absolute Gasteiger partial charge is 0.225 e. The molecule has 0 aromatic carbocycles. The van der Waals surface area contributed by atoms with Crippen molar-refractivity contribution < 1.29 is 9.53 Å². The van der Waals surface area contributed by atoms with Crippen LogP contribution >= 0.6 is 0 Å². The van der Waals surface area contributed by atoms with Crippen molar-refractivity contribution in [3.05, 3.63) is 0 Å². The largest absolute Gasteiger partial charge is 0.379 e. The number of hydrogen-bond donors (Lipinski definition) is 0. The van der Waals surface area contributed by atoms with E-state index in [1.807, 2.05) is 18.9 Å². The highest BCUT2D eigenvalue weighted by Gasteiger charge is 2.17. The minimum Gasteiger partial charge on any atom is -0.379 e. The molecule has 1 unspecified atom stereocenters. The average Bonchev–Trinajstić information content (AvgIpc) is 2.35. The normalized spacial score (nSPS) is 19.4. The van der Waals surface area contributed by atoms with E-state index in [0.717, 1.165) is 45.8 Å². The predicted molar refractivity (Wildman–Crippen MR) is 64.4 cm³/mol. The lowest BCUT2D eigenvalue weighted by Crippen LogP contribution is -2.42. The molecule has 0 spiro atoms. The molecule has 1 saturated heterocycles. The zero-order chi connectivity index (χ0) is 12.0. The fourth-order valence-corrected chi connectivity index (χ4v) is 1.78. The molecule has 0 aliphatic carbocycles. The highest BCUT2D eigenvalue weighted by molar-refractivity contribution is 5.78. The molecular weight excluding hydrogens is 204 g/mol. The summed E-state index contributed by atoms with van der Waals surface area (Å²) in [7, 11) is 1.90. The Kier molecular flexibility index (Phi) is 5.77. The molecule has 4 nitrogen and oxygen atoms in total. The predicted octanol–water partition coefficient (Wildman–Crippen LogP) is 0.823. The van der Waals surface area contributed by atoms with Crippen LogP contribution in [0.3, 0.4) is 0 Å². The second-order valence-corrected chi connectivity index (χ2v) is 4.52. The van der Waals surface area contributed by atoms with Crippen LogP contribution in [-0.2, 0) is 9.53 Å². The lowest BCUT2D eigenvalue weighted by molar-refractivity contribution is -0.134. The standard InChI is InChI=1S/C12H24N2O2/c1-4-11(2)12(15)13(3)5-6-14-7-9-16-10-8-14/h11H,4-10H2,1-3H3. The van der Waals surface area contributed by atoms with Gasteiger partial charge in [0.25, 0.3) is 0 Å². The van der Waals surface area contributed by atoms with Gasteiger partial charge in [0.2, 0.25) is 5.91 Å². The third kappa shape index (κ3) is 4.10. The third-order valence-electron chi connectivity index (χ3n) is 3.27. The van der Waals surface area contributed by atoms with Crippen LogP contribution in [-0.4, -0.2) is 62.1 Å². The van der Waals surface area contributed by atoms with Crippen molar-refractivity contribution in [3.8, 4) is 0 Å². The van der Waals surface area contributed by atoms with Gasteiger partial charge in [0.05, 0.1) is 13.2 Å². The number of ether oxygens (including phenoxy) is 1. The van der Waals surface area contributed by atoms with Crippen molar-refractivity contribution in [1.29, 1.82) is 0 Å². The van der Waals surface area contributed by atoms with E-state index in [1.165, 1.54) is 0 Å². The van der Waals surface area contributed by atoms with Crippen LogP contribution in [0.25, 0.3) is 0 Å². The molecule has 1 aliphatic rings. The van der Waals surface area contributed by atoms with Crippen molar-refractivity contribution >= 4 is 5.91 Å². The molecule has 1 atom stereocenters. The van der Waals surface area contributed by atoms with Gasteiger partial charge in [-0.3, -0.25) is 9.69 Å². The number of amides is 1. The molecule has 0 N–H and O–H groups in total. The maximum atomic E-state index is 11.8. The third-order valence-corrected chi connectivity index (χ3v) is 3.27. The van der Waals surface area contributed by atoms with Crippen molar-refractivity contribution in [1.82, 2.24) is 9.80 Å². The summed E-state index contributed by atoms with van der Waals surface area (Å²) in [5.74, 6) is 0.408. The van der Waals surface area contributed by atoms with E-state index >= 15 is 0 Å². The lowest BCUT2D eigenvalue weighted by Gasteiger charge is -2.29. The van der Waals surface area contributed by atoms with E-state index in [4.69, 9.17) is 4.74 Å². The molecule has 0 bridgehead atoms. The summed E-state index contributed by atoms with van der Waals surface area (Å²) < 4.78 is 5.29. The summed E-state index contributed by atoms with van der Waals surface area (Å²) in [5, 5.41) is 0. The van der Waals surface area contributed by atoms with Gasteiger partial charge in [-0.25, -0.2) is 0 Å². The molecule has 1 aliphatic heterocycles. The number of likely N-dealkylation sites (N-methyl/N-ethyl adjacent to an activating group) is 1. The molecule has 16 heavy (non-hydrogen) atoms. The van der Waals surface area contributed by atoms with E-state index in [2.05, 4.69) is 11.8 Å². The maximum absolute atomic E-state index is 11.8. The monoisotopic (exact) mass is 228 g/mol. The van der Waals surface area contributed by atoms with E-state index in [-0.39, 0.29) is 11.8 Å². The highest BCUT2D eigenvalue weighted by Crippen LogP contribution is 2.05. The molecule has 94 valence electrons. The minimum absolute atomic E-state index is 0.148. The molecule has 0 radical (unpaired) electrons. The van der Waals surface area contributed by atoms with Crippen LogP contribution in [0, 0.1) is 5.92 Å². The van der Waals surface area contributed by atoms with Gasteiger partial charge in [-0.15, -0.1) is 0 Å². The molecule has 1 fully saturated rings. The second kappa shape index (κ2) is 6.86. The Labute approximate surface area is 98.5 Å². The van der Waals surface area contributed by atoms with Crippen molar-refractivity contribution in [3.63, 3.8) is 0 Å². The molecule has 1 amide bonds. The topological polar surface area (TPSA) is 32.8 Å². The Bertz CT molecular complexity index is 215. The summed E-state index contributed by atoms with van der Waals surface area (Å²) in [6, 6.07) is 0. The fraction of sp³-hybridized carbons (Fsp3) is 0.917. The van der Waals surface area contributed by atoms with E-state index < -0.39 is 0 Å². The quantitative estimate of drug-likeness (QED) is 0.698. The van der Waals surface area contributed by atoms with E-state index in [1.54, 1.807) is 0 Å². The molecule has 1 heterocycles. The first-order chi connectivity index (χ1) is 7.65. The van der Waals surface area contributed by atoms with Crippen molar-refractivity contribution in [2.75, 3.05) is 46.4 Å². The maximum Gasteiger partial charge on any atom is 0.225 e. The highest BCUT2D eigenvalue weighted by atomic mass is 16.5. The first-order valence-corrected chi connectivity index (χ1v) is 6.20. The first kappa shape index (κ1) is 13.5. The summed E-state index contributed by atoms with van der Waals surface area (Å²) in [4.78, 5) is 16.0. The van der Waals surface area contributed by atoms with Gasteiger partial charge in [0.1, 0.15) is 0 Å². The molecule has 0 aromatic heterocycles. The molecule has 0 aromatic rings. The minimum atomic E-state index is 0.148. The Hall–Kier alpha value is -0.610. The van der Waals surface area contributed by atoms with Crippen LogP contribution in [0.2, 0.25) is 0 Å². The number of nitrogens with zero attached hydrogens (tertiary/aromatic N) is 2. The molecule has 1 rings (SSSR count). The SMILES string of the molecule is CCC(C)C(=O)N(C)CCN1CCOCC1. The van der Waals surface area contributed by atoms with Gasteiger partial charge in [-0.05, 0) is 6.42 Å². The zero-order valence-electron chi connectivity index (χ0n) is 10.7. The number of carbonyl (C=O) groups is 1. The van der Waals surface area contributed by atoms with Crippen molar-refractivity contribution in [2.45, 2.75) is 20.3 Å². The first-order valence-electron chi connectivity index (χ1n) is 6.20. The second-order valence-electron chi connectivity index (χ2n) is 4.52. The molecular formula is C12H24N2O2. The number of rotatable bonds is 5. The van der Waals surface area contributed by atoms with Crippen LogP contribution in [0.15, 0.2) is 0 Å². The van der Waals surface area contributed by atoms with Gasteiger partial charge >= 0.3 is 0 Å². The Morgan fingerprint density at radius 3 is 2.62 bits per heavy atom. The van der Waals surface area contributed by atoms with Crippen molar-refractivity contribution in [2.24, 2.45) is 5.92 Å². The number of morpholine rings is 1. The van der Waals surface area contributed by atoms with Gasteiger partial charge in [-0.2, -0.15) is 0 Å². The van der Waals surface area contributed by atoms with Crippen LogP contribution in [0.5, 0.6) is 0 Å².